The molecule has 0 aliphatic carbocycles. The zero-order chi connectivity index (χ0) is 17.3. The van der Waals surface area contributed by atoms with E-state index in [-0.39, 0.29) is 24.2 Å². The molecular weight excluding hydrogens is 380 g/mol. The fourth-order valence-electron chi connectivity index (χ4n) is 2.65. The van der Waals surface area contributed by atoms with Crippen LogP contribution in [0, 0.1) is 0 Å². The van der Waals surface area contributed by atoms with E-state index < -0.39 is 5.97 Å². The van der Waals surface area contributed by atoms with E-state index in [1.807, 2.05) is 18.2 Å². The topological polar surface area (TPSA) is 97.6 Å². The van der Waals surface area contributed by atoms with Crippen LogP contribution < -0.4 is 4.74 Å². The fraction of sp³-hybridized carbons (Fsp3) is 0.333. The minimum atomic E-state index is -1.18. The van der Waals surface area contributed by atoms with Crippen LogP contribution in [0.15, 0.2) is 28.9 Å². The molecule has 1 aliphatic heterocycles. The van der Waals surface area contributed by atoms with Crippen LogP contribution in [0.25, 0.3) is 0 Å². The van der Waals surface area contributed by atoms with E-state index >= 15 is 0 Å². The molecule has 1 aromatic carbocycles. The van der Waals surface area contributed by atoms with E-state index in [1.54, 1.807) is 11.9 Å². The van der Waals surface area contributed by atoms with E-state index in [0.717, 1.165) is 15.8 Å². The van der Waals surface area contributed by atoms with Gasteiger partial charge in [0, 0.05) is 23.5 Å². The van der Waals surface area contributed by atoms with Gasteiger partial charge < -0.3 is 14.7 Å². The number of ether oxygens (including phenoxy) is 1. The molecule has 0 saturated heterocycles. The zero-order valence-corrected chi connectivity index (χ0v) is 14.4. The number of hydrogen-bond acceptors (Lipinski definition) is 5. The Balaban J connectivity index is 1.76. The number of fused-ring (bicyclic) bond motifs is 1. The van der Waals surface area contributed by atoms with Crippen LogP contribution in [0.1, 0.15) is 28.5 Å². The van der Waals surface area contributed by atoms with Gasteiger partial charge in [-0.1, -0.05) is 21.1 Å². The van der Waals surface area contributed by atoms with Gasteiger partial charge in [0.2, 0.25) is 5.91 Å². The van der Waals surface area contributed by atoms with Crippen LogP contribution in [-0.2, 0) is 11.3 Å². The van der Waals surface area contributed by atoms with Crippen molar-refractivity contribution in [3.05, 3.63) is 40.1 Å². The first-order valence-corrected chi connectivity index (χ1v) is 8.06. The number of likely N-dealkylation sites (N-methyl/N-ethyl adjacent to an activating group) is 1. The minimum absolute atomic E-state index is 0.0720. The maximum absolute atomic E-state index is 12.5. The molecule has 2 aromatic rings. The summed E-state index contributed by atoms with van der Waals surface area (Å²) in [5.41, 5.74) is 0.752. The summed E-state index contributed by atoms with van der Waals surface area (Å²) < 4.78 is 7.78. The van der Waals surface area contributed by atoms with Gasteiger partial charge >= 0.3 is 5.97 Å². The molecule has 0 radical (unpaired) electrons. The molecule has 1 N–H and O–H groups in total. The largest absolute Gasteiger partial charge is 0.493 e. The lowest BCUT2D eigenvalue weighted by Gasteiger charge is -2.33. The van der Waals surface area contributed by atoms with Crippen molar-refractivity contribution in [1.82, 2.24) is 19.9 Å². The highest BCUT2D eigenvalue weighted by molar-refractivity contribution is 9.10. The number of amides is 1. The molecule has 2 heterocycles. The van der Waals surface area contributed by atoms with Crippen molar-refractivity contribution in [2.24, 2.45) is 0 Å². The Kier molecular flexibility index (Phi) is 4.52. The van der Waals surface area contributed by atoms with Crippen LogP contribution in [0.5, 0.6) is 5.75 Å². The average molecular weight is 395 g/mol. The molecule has 1 amide bonds. The number of carbonyl (C=O) groups is 2. The third-order valence-electron chi connectivity index (χ3n) is 3.90. The Bertz CT molecular complexity index is 792. The third-order valence-corrected chi connectivity index (χ3v) is 4.39. The van der Waals surface area contributed by atoms with E-state index in [2.05, 4.69) is 26.2 Å². The summed E-state index contributed by atoms with van der Waals surface area (Å²) in [6.07, 6.45) is 1.92. The number of halogens is 1. The fourth-order valence-corrected chi connectivity index (χ4v) is 3.03. The number of carboxylic acid groups (broad SMARTS) is 1. The summed E-state index contributed by atoms with van der Waals surface area (Å²) in [6, 6.07) is 5.61. The number of carbonyl (C=O) groups excluding carboxylic acids is 1. The van der Waals surface area contributed by atoms with Gasteiger partial charge in [0.15, 0.2) is 5.69 Å². The highest BCUT2D eigenvalue weighted by Crippen LogP contribution is 2.37. The second-order valence-corrected chi connectivity index (χ2v) is 6.36. The smallest absolute Gasteiger partial charge is 0.358 e. The van der Waals surface area contributed by atoms with Crippen LogP contribution in [0.2, 0.25) is 0 Å². The second-order valence-electron chi connectivity index (χ2n) is 5.45. The molecule has 0 bridgehead atoms. The Morgan fingerprint density at radius 1 is 1.50 bits per heavy atom. The van der Waals surface area contributed by atoms with Crippen molar-refractivity contribution >= 4 is 27.8 Å². The van der Waals surface area contributed by atoms with E-state index in [4.69, 9.17) is 9.84 Å². The molecule has 24 heavy (non-hydrogen) atoms. The van der Waals surface area contributed by atoms with Crippen LogP contribution in [-0.4, -0.2) is 50.5 Å². The summed E-state index contributed by atoms with van der Waals surface area (Å²) >= 11 is 3.44. The Morgan fingerprint density at radius 2 is 2.29 bits per heavy atom. The Labute approximate surface area is 146 Å². The molecule has 0 saturated carbocycles. The molecule has 1 atom stereocenters. The van der Waals surface area contributed by atoms with E-state index in [0.29, 0.717) is 13.0 Å². The summed E-state index contributed by atoms with van der Waals surface area (Å²) in [6.45, 7) is 0.459. The van der Waals surface area contributed by atoms with Crippen molar-refractivity contribution in [1.29, 1.82) is 0 Å². The van der Waals surface area contributed by atoms with Crippen LogP contribution in [0.3, 0.4) is 0 Å². The van der Waals surface area contributed by atoms with Gasteiger partial charge in [0.25, 0.3) is 0 Å². The predicted molar refractivity (Wildman–Crippen MR) is 86.7 cm³/mol. The lowest BCUT2D eigenvalue weighted by atomic mass is 9.99. The van der Waals surface area contributed by atoms with Gasteiger partial charge in [0.1, 0.15) is 12.3 Å². The summed E-state index contributed by atoms with van der Waals surface area (Å²) in [5.74, 6) is -0.594. The number of aromatic carboxylic acids is 1. The first-order chi connectivity index (χ1) is 11.5. The monoisotopic (exact) mass is 394 g/mol. The Hall–Kier alpha value is -2.42. The number of benzene rings is 1. The maximum Gasteiger partial charge on any atom is 0.358 e. The minimum Gasteiger partial charge on any atom is -0.493 e. The normalized spacial score (nSPS) is 16.2. The van der Waals surface area contributed by atoms with Gasteiger partial charge in [-0.05, 0) is 18.2 Å². The van der Waals surface area contributed by atoms with Gasteiger partial charge in [-0.2, -0.15) is 0 Å². The standard InChI is InChI=1S/C15H15BrN4O4/c1-19(14(21)8-20-7-11(15(22)23)17-18-20)12-4-5-24-13-3-2-9(16)6-10(12)13/h2-3,6-7,12H,4-5,8H2,1H3,(H,22,23). The van der Waals surface area contributed by atoms with Gasteiger partial charge in [0.05, 0.1) is 18.8 Å². The first kappa shape index (κ1) is 16.4. The average Bonchev–Trinajstić information content (AvgIpc) is 3.02. The lowest BCUT2D eigenvalue weighted by molar-refractivity contribution is -0.133. The number of rotatable bonds is 4. The number of hydrogen-bond donors (Lipinski definition) is 1. The highest BCUT2D eigenvalue weighted by atomic mass is 79.9. The molecule has 0 fully saturated rings. The number of aromatic nitrogens is 3. The van der Waals surface area contributed by atoms with Crippen molar-refractivity contribution in [3.63, 3.8) is 0 Å². The molecule has 1 aliphatic rings. The highest BCUT2D eigenvalue weighted by Gasteiger charge is 2.28. The molecule has 1 aromatic heterocycles. The van der Waals surface area contributed by atoms with Crippen LogP contribution >= 0.6 is 15.9 Å². The maximum atomic E-state index is 12.5. The van der Waals surface area contributed by atoms with Crippen LogP contribution in [0.4, 0.5) is 0 Å². The molecular formula is C15H15BrN4O4. The van der Waals surface area contributed by atoms with Gasteiger partial charge in [-0.25, -0.2) is 9.48 Å². The predicted octanol–water partition coefficient (Wildman–Crippen LogP) is 1.72. The zero-order valence-electron chi connectivity index (χ0n) is 12.8. The summed E-state index contributed by atoms with van der Waals surface area (Å²) in [4.78, 5) is 25.0. The van der Waals surface area contributed by atoms with E-state index in [9.17, 15) is 9.59 Å². The van der Waals surface area contributed by atoms with Crippen molar-refractivity contribution in [2.45, 2.75) is 19.0 Å². The summed E-state index contributed by atoms with van der Waals surface area (Å²) in [5, 5.41) is 16.0. The molecule has 1 unspecified atom stereocenters. The van der Waals surface area contributed by atoms with Crippen molar-refractivity contribution in [2.75, 3.05) is 13.7 Å². The Morgan fingerprint density at radius 3 is 3.00 bits per heavy atom. The molecule has 9 heteroatoms. The molecule has 126 valence electrons. The first-order valence-electron chi connectivity index (χ1n) is 7.27. The SMILES string of the molecule is CN(C(=O)Cn1cc(C(=O)O)nn1)C1CCOc2ccc(Br)cc21. The number of carboxylic acids is 1. The third kappa shape index (κ3) is 3.25. The van der Waals surface area contributed by atoms with Gasteiger partial charge in [-0.15, -0.1) is 5.10 Å². The lowest BCUT2D eigenvalue weighted by Crippen LogP contribution is -2.36. The molecule has 8 nitrogen and oxygen atoms in total. The quantitative estimate of drug-likeness (QED) is 0.847. The van der Waals surface area contributed by atoms with E-state index in [1.165, 1.54) is 10.9 Å². The summed E-state index contributed by atoms with van der Waals surface area (Å²) in [7, 11) is 1.72. The van der Waals surface area contributed by atoms with Crippen molar-refractivity contribution in [3.8, 4) is 5.75 Å². The molecule has 0 spiro atoms. The van der Waals surface area contributed by atoms with Crippen molar-refractivity contribution < 1.29 is 19.4 Å². The second kappa shape index (κ2) is 6.60. The van der Waals surface area contributed by atoms with Gasteiger partial charge in [-0.3, -0.25) is 4.79 Å². The number of nitrogens with zero attached hydrogens (tertiary/aromatic N) is 4. The molecule has 3 rings (SSSR count).